The molecule has 0 saturated carbocycles. The van der Waals surface area contributed by atoms with Crippen LogP contribution in [0.15, 0.2) is 237 Å². The molecule has 0 N–H and O–H groups in total. The fourth-order valence-electron chi connectivity index (χ4n) is 11.1. The Morgan fingerprint density at radius 1 is 0.328 bits per heavy atom. The zero-order chi connectivity index (χ0) is 44.6. The largest absolute Gasteiger partial charge is 0.455 e. The molecule has 67 heavy (non-hydrogen) atoms. The van der Waals surface area contributed by atoms with Crippen LogP contribution in [0.2, 0.25) is 0 Å². The second-order valence-corrected chi connectivity index (χ2v) is 18.2. The molecular formula is C65H45NO. The van der Waals surface area contributed by atoms with Crippen molar-refractivity contribution in [2.75, 3.05) is 4.90 Å². The Kier molecular flexibility index (Phi) is 8.91. The van der Waals surface area contributed by atoms with Crippen LogP contribution in [0.25, 0.3) is 66.1 Å². The van der Waals surface area contributed by atoms with Crippen molar-refractivity contribution in [3.63, 3.8) is 0 Å². The van der Waals surface area contributed by atoms with Crippen LogP contribution in [0.1, 0.15) is 33.4 Å². The molecule has 0 saturated heterocycles. The summed E-state index contributed by atoms with van der Waals surface area (Å²) in [6.07, 6.45) is 0. The molecule has 0 atom stereocenters. The molecule has 1 spiro atoms. The number of para-hydroxylation sites is 1. The molecule has 11 aromatic rings. The SMILES string of the molecule is Cc1ccc2c3c(ccc2c1)C1(c2ccccc2-c2ccc(-c4ccccc4N(c4ccc(-c5ccccc5)cc4)c4ccc(-c5ccccc5)cc4)cc21)c1ccc2cc(C)ccc2c1O3. The van der Waals surface area contributed by atoms with Gasteiger partial charge in [0.05, 0.1) is 11.1 Å². The summed E-state index contributed by atoms with van der Waals surface area (Å²) in [6.45, 7) is 4.33. The normalized spacial score (nSPS) is 12.9. The van der Waals surface area contributed by atoms with Crippen LogP contribution in [0.4, 0.5) is 17.1 Å². The van der Waals surface area contributed by atoms with E-state index in [9.17, 15) is 0 Å². The first kappa shape index (κ1) is 39.0. The molecule has 0 bridgehead atoms. The standard InChI is InChI=1S/C65H45NO/c1-42-21-34-54-48(39-42)28-37-59-63(54)67-64-55-35-22-43(2)40-49(55)29-38-60(64)65(59)58-19-11-9-18-56(58)57-36-27-50(41-61(57)65)53-17-10-12-20-62(53)66(51-30-23-46(24-31-51)44-13-5-3-6-14-44)52-32-25-47(26-33-52)45-15-7-4-8-16-45/h3-41H,1-2H3. The van der Waals surface area contributed by atoms with Crippen LogP contribution in [0, 0.1) is 13.8 Å². The van der Waals surface area contributed by atoms with Gasteiger partial charge in [0.25, 0.3) is 0 Å². The van der Waals surface area contributed by atoms with E-state index in [-0.39, 0.29) is 0 Å². The summed E-state index contributed by atoms with van der Waals surface area (Å²) in [7, 11) is 0. The lowest BCUT2D eigenvalue weighted by atomic mass is 9.65. The number of nitrogens with zero attached hydrogens (tertiary/aromatic N) is 1. The monoisotopic (exact) mass is 855 g/mol. The van der Waals surface area contributed by atoms with Gasteiger partial charge in [-0.2, -0.15) is 0 Å². The number of hydrogen-bond acceptors (Lipinski definition) is 2. The molecular weight excluding hydrogens is 811 g/mol. The van der Waals surface area contributed by atoms with E-state index in [0.29, 0.717) is 0 Å². The second-order valence-electron chi connectivity index (χ2n) is 18.2. The van der Waals surface area contributed by atoms with Gasteiger partial charge >= 0.3 is 0 Å². The van der Waals surface area contributed by atoms with Crippen molar-refractivity contribution in [3.8, 4) is 56.0 Å². The lowest BCUT2D eigenvalue weighted by Crippen LogP contribution is -2.32. The lowest BCUT2D eigenvalue weighted by Gasteiger charge is -2.40. The van der Waals surface area contributed by atoms with E-state index in [1.54, 1.807) is 0 Å². The number of benzene rings is 11. The van der Waals surface area contributed by atoms with Gasteiger partial charge in [0.1, 0.15) is 11.5 Å². The average Bonchev–Trinajstić information content (AvgIpc) is 3.67. The predicted octanol–water partition coefficient (Wildman–Crippen LogP) is 17.5. The minimum atomic E-state index is -0.655. The zero-order valence-electron chi connectivity index (χ0n) is 37.4. The van der Waals surface area contributed by atoms with E-state index in [1.165, 1.54) is 66.4 Å². The summed E-state index contributed by atoms with van der Waals surface area (Å²) in [4.78, 5) is 2.41. The molecule has 0 amide bonds. The van der Waals surface area contributed by atoms with E-state index in [2.05, 4.69) is 255 Å². The molecule has 0 unspecified atom stereocenters. The number of aryl methyl sites for hydroxylation is 2. The Morgan fingerprint density at radius 2 is 0.791 bits per heavy atom. The minimum absolute atomic E-state index is 0.655. The first-order valence-electron chi connectivity index (χ1n) is 23.2. The van der Waals surface area contributed by atoms with E-state index < -0.39 is 5.41 Å². The first-order chi connectivity index (χ1) is 33.0. The Labute approximate surface area is 391 Å². The van der Waals surface area contributed by atoms with E-state index in [1.807, 2.05) is 0 Å². The highest BCUT2D eigenvalue weighted by Crippen LogP contribution is 2.64. The van der Waals surface area contributed by atoms with Crippen LogP contribution >= 0.6 is 0 Å². The van der Waals surface area contributed by atoms with Gasteiger partial charge in [-0.1, -0.05) is 211 Å². The van der Waals surface area contributed by atoms with Gasteiger partial charge in [0, 0.05) is 38.8 Å². The van der Waals surface area contributed by atoms with Crippen LogP contribution in [0.5, 0.6) is 11.5 Å². The maximum absolute atomic E-state index is 7.33. The van der Waals surface area contributed by atoms with E-state index in [4.69, 9.17) is 4.74 Å². The van der Waals surface area contributed by atoms with Gasteiger partial charge in [-0.3, -0.25) is 0 Å². The maximum atomic E-state index is 7.33. The Hall–Kier alpha value is -8.46. The molecule has 316 valence electrons. The molecule has 2 nitrogen and oxygen atoms in total. The smallest absolute Gasteiger partial charge is 0.140 e. The number of rotatable bonds is 6. The summed E-state index contributed by atoms with van der Waals surface area (Å²) in [5, 5.41) is 4.60. The summed E-state index contributed by atoms with van der Waals surface area (Å²) in [5.41, 5.74) is 19.5. The third-order valence-electron chi connectivity index (χ3n) is 14.2. The van der Waals surface area contributed by atoms with E-state index in [0.717, 1.165) is 61.6 Å². The molecule has 11 aromatic carbocycles. The Bertz CT molecular complexity index is 3550. The first-order valence-corrected chi connectivity index (χ1v) is 23.2. The van der Waals surface area contributed by atoms with Crippen molar-refractivity contribution in [1.82, 2.24) is 0 Å². The van der Waals surface area contributed by atoms with Gasteiger partial charge < -0.3 is 9.64 Å². The van der Waals surface area contributed by atoms with Crippen molar-refractivity contribution in [2.45, 2.75) is 19.3 Å². The highest BCUT2D eigenvalue weighted by molar-refractivity contribution is 6.01. The molecule has 0 fully saturated rings. The quantitative estimate of drug-likeness (QED) is 0.165. The van der Waals surface area contributed by atoms with Gasteiger partial charge in [-0.25, -0.2) is 0 Å². The third-order valence-corrected chi connectivity index (χ3v) is 14.2. The second kappa shape index (κ2) is 15.3. The zero-order valence-corrected chi connectivity index (χ0v) is 37.4. The summed E-state index contributed by atoms with van der Waals surface area (Å²) in [6, 6.07) is 87.1. The molecule has 13 rings (SSSR count). The molecule has 1 aliphatic heterocycles. The van der Waals surface area contributed by atoms with Crippen molar-refractivity contribution >= 4 is 38.6 Å². The molecule has 0 aromatic heterocycles. The Morgan fingerprint density at radius 3 is 1.36 bits per heavy atom. The van der Waals surface area contributed by atoms with Crippen molar-refractivity contribution in [1.29, 1.82) is 0 Å². The minimum Gasteiger partial charge on any atom is -0.455 e. The van der Waals surface area contributed by atoms with Gasteiger partial charge in [-0.05, 0) is 111 Å². The van der Waals surface area contributed by atoms with Crippen molar-refractivity contribution in [3.05, 3.63) is 270 Å². The fourth-order valence-corrected chi connectivity index (χ4v) is 11.1. The third kappa shape index (κ3) is 6.10. The van der Waals surface area contributed by atoms with Crippen LogP contribution in [-0.2, 0) is 5.41 Å². The van der Waals surface area contributed by atoms with Crippen molar-refractivity contribution < 1.29 is 4.74 Å². The van der Waals surface area contributed by atoms with Crippen LogP contribution in [-0.4, -0.2) is 0 Å². The van der Waals surface area contributed by atoms with Gasteiger partial charge in [0.15, 0.2) is 0 Å². The summed E-state index contributed by atoms with van der Waals surface area (Å²) >= 11 is 0. The molecule has 2 heteroatoms. The van der Waals surface area contributed by atoms with Gasteiger partial charge in [-0.15, -0.1) is 0 Å². The molecule has 1 aliphatic carbocycles. The van der Waals surface area contributed by atoms with E-state index >= 15 is 0 Å². The fraction of sp³-hybridized carbons (Fsp3) is 0.0462. The number of ether oxygens (including phenoxy) is 1. The highest BCUT2D eigenvalue weighted by atomic mass is 16.5. The Balaban J connectivity index is 1.04. The van der Waals surface area contributed by atoms with Crippen LogP contribution < -0.4 is 9.64 Å². The van der Waals surface area contributed by atoms with Crippen LogP contribution in [0.3, 0.4) is 0 Å². The van der Waals surface area contributed by atoms with Crippen molar-refractivity contribution in [2.24, 2.45) is 0 Å². The molecule has 0 radical (unpaired) electrons. The summed E-state index contributed by atoms with van der Waals surface area (Å²) < 4.78 is 7.33. The summed E-state index contributed by atoms with van der Waals surface area (Å²) in [5.74, 6) is 1.85. The molecule has 1 heterocycles. The maximum Gasteiger partial charge on any atom is 0.140 e. The topological polar surface area (TPSA) is 12.5 Å². The molecule has 2 aliphatic rings. The average molecular weight is 856 g/mol. The number of anilines is 3. The van der Waals surface area contributed by atoms with Gasteiger partial charge in [0.2, 0.25) is 0 Å². The lowest BCUT2D eigenvalue weighted by molar-refractivity contribution is 0.447. The predicted molar refractivity (Wildman–Crippen MR) is 279 cm³/mol. The highest BCUT2D eigenvalue weighted by Gasteiger charge is 2.52. The number of fused-ring (bicyclic) bond motifs is 13. The number of hydrogen-bond donors (Lipinski definition) is 0.